The fraction of sp³-hybridized carbons (Fsp3) is 0.135. The molecule has 6 aromatic rings. The topological polar surface area (TPSA) is 39.1 Å². The van der Waals surface area contributed by atoms with Crippen LogP contribution in [0.2, 0.25) is 0 Å². The van der Waals surface area contributed by atoms with Gasteiger partial charge in [0, 0.05) is 27.6 Å². The van der Waals surface area contributed by atoms with Crippen molar-refractivity contribution in [2.24, 2.45) is 0 Å². The number of rotatable bonds is 3. The summed E-state index contributed by atoms with van der Waals surface area (Å²) in [5.74, 6) is -0.0299. The molecule has 0 amide bonds. The predicted octanol–water partition coefficient (Wildman–Crippen LogP) is 9.01. The van der Waals surface area contributed by atoms with E-state index in [2.05, 4.69) is 23.6 Å². The van der Waals surface area contributed by atoms with Gasteiger partial charge in [-0.3, -0.25) is 9.59 Å². The third-order valence-corrected chi connectivity index (χ3v) is 6.81. The first-order valence-corrected chi connectivity index (χ1v) is 13.7. The summed E-state index contributed by atoms with van der Waals surface area (Å²) < 4.78 is 2.07. The van der Waals surface area contributed by atoms with Crippen molar-refractivity contribution < 1.29 is 4.79 Å². The number of carbonyl (C=O) groups excluding carboxylic acids is 1. The fourth-order valence-corrected chi connectivity index (χ4v) is 4.81. The minimum atomic E-state index is -0.0299. The number of ketones is 1. The van der Waals surface area contributed by atoms with Crippen LogP contribution in [0, 0.1) is 20.8 Å². The molecule has 0 radical (unpaired) electrons. The average molecular weight is 526 g/mol. The van der Waals surface area contributed by atoms with Crippen LogP contribution in [-0.4, -0.2) is 10.4 Å². The molecule has 0 saturated carbocycles. The minimum absolute atomic E-state index is 0.0178. The van der Waals surface area contributed by atoms with Gasteiger partial charge in [0.05, 0.1) is 11.0 Å². The standard InChI is InChI=1S/C28H21NO2.C7H8.C2H6/c1-18-10-6-7-13-21(18)27(30)23-17-26-24(16-19(23)2)28(31)22-14-8-9-15-25(22)29(26)20-11-4-3-5-12-20;1-7-5-3-2-4-6-7;1-2/h3-17H,1-2H3;2-6H,1H3;1-2H3. The van der Waals surface area contributed by atoms with Crippen molar-refractivity contribution >= 4 is 27.6 Å². The van der Waals surface area contributed by atoms with E-state index in [1.54, 1.807) is 0 Å². The Bertz CT molecular complexity index is 1820. The van der Waals surface area contributed by atoms with Gasteiger partial charge < -0.3 is 4.57 Å². The third-order valence-electron chi connectivity index (χ3n) is 6.81. The van der Waals surface area contributed by atoms with Gasteiger partial charge in [-0.05, 0) is 68.3 Å². The number of fused-ring (bicyclic) bond motifs is 2. The minimum Gasteiger partial charge on any atom is -0.309 e. The highest BCUT2D eigenvalue weighted by atomic mass is 16.1. The summed E-state index contributed by atoms with van der Waals surface area (Å²) in [7, 11) is 0. The van der Waals surface area contributed by atoms with Crippen LogP contribution in [-0.2, 0) is 0 Å². The summed E-state index contributed by atoms with van der Waals surface area (Å²) in [5.41, 5.74) is 6.83. The maximum atomic E-state index is 13.4. The molecule has 1 heterocycles. The molecule has 0 unspecified atom stereocenters. The van der Waals surface area contributed by atoms with Gasteiger partial charge in [0.15, 0.2) is 11.2 Å². The van der Waals surface area contributed by atoms with Gasteiger partial charge in [0.1, 0.15) is 0 Å². The SMILES string of the molecule is CC.Cc1ccccc1.Cc1ccccc1C(=O)c1cc2c(cc1C)c(=O)c1ccccc1n2-c1ccccc1. The van der Waals surface area contributed by atoms with E-state index in [-0.39, 0.29) is 11.2 Å². The Hall–Kier alpha value is -4.76. The first-order valence-electron chi connectivity index (χ1n) is 13.7. The number of hydrogen-bond donors (Lipinski definition) is 0. The molecular formula is C37H35NO2. The molecule has 3 nitrogen and oxygen atoms in total. The normalized spacial score (nSPS) is 10.3. The van der Waals surface area contributed by atoms with E-state index < -0.39 is 0 Å². The number of hydrogen-bond acceptors (Lipinski definition) is 2. The number of pyridine rings is 1. The van der Waals surface area contributed by atoms with Crippen molar-refractivity contribution in [1.82, 2.24) is 4.57 Å². The van der Waals surface area contributed by atoms with E-state index in [4.69, 9.17) is 0 Å². The van der Waals surface area contributed by atoms with Gasteiger partial charge in [-0.1, -0.05) is 104 Å². The molecule has 0 saturated heterocycles. The number of para-hydroxylation sites is 2. The lowest BCUT2D eigenvalue weighted by molar-refractivity contribution is 0.103. The van der Waals surface area contributed by atoms with E-state index in [0.717, 1.165) is 27.8 Å². The molecule has 0 aliphatic carbocycles. The molecule has 0 fully saturated rings. The molecule has 200 valence electrons. The smallest absolute Gasteiger partial charge is 0.197 e. The fourth-order valence-electron chi connectivity index (χ4n) is 4.81. The van der Waals surface area contributed by atoms with E-state index in [0.29, 0.717) is 21.9 Å². The van der Waals surface area contributed by atoms with Crippen LogP contribution in [0.5, 0.6) is 0 Å². The van der Waals surface area contributed by atoms with Gasteiger partial charge in [0.25, 0.3) is 0 Å². The zero-order valence-corrected chi connectivity index (χ0v) is 23.8. The van der Waals surface area contributed by atoms with Crippen molar-refractivity contribution in [1.29, 1.82) is 0 Å². The van der Waals surface area contributed by atoms with Gasteiger partial charge >= 0.3 is 0 Å². The predicted molar refractivity (Wildman–Crippen MR) is 169 cm³/mol. The number of aromatic nitrogens is 1. The Morgan fingerprint density at radius 2 is 1.12 bits per heavy atom. The van der Waals surface area contributed by atoms with Crippen LogP contribution in [0.1, 0.15) is 46.5 Å². The highest BCUT2D eigenvalue weighted by Crippen LogP contribution is 2.27. The van der Waals surface area contributed by atoms with Crippen molar-refractivity contribution in [3.05, 3.63) is 159 Å². The Balaban J connectivity index is 0.000000355. The van der Waals surface area contributed by atoms with E-state index >= 15 is 0 Å². The van der Waals surface area contributed by atoms with Crippen LogP contribution < -0.4 is 5.43 Å². The monoisotopic (exact) mass is 525 g/mol. The van der Waals surface area contributed by atoms with E-state index in [1.807, 2.05) is 137 Å². The average Bonchev–Trinajstić information content (AvgIpc) is 3.00. The van der Waals surface area contributed by atoms with Gasteiger partial charge in [-0.25, -0.2) is 0 Å². The zero-order valence-electron chi connectivity index (χ0n) is 23.8. The van der Waals surface area contributed by atoms with Gasteiger partial charge in [-0.2, -0.15) is 0 Å². The first-order chi connectivity index (χ1) is 19.5. The molecule has 0 atom stereocenters. The van der Waals surface area contributed by atoms with Crippen LogP contribution in [0.3, 0.4) is 0 Å². The number of aryl methyl sites for hydroxylation is 3. The molecule has 3 heteroatoms. The Kier molecular flexibility index (Phi) is 9.08. The summed E-state index contributed by atoms with van der Waals surface area (Å²) in [6, 6.07) is 39.2. The number of nitrogens with zero attached hydrogens (tertiary/aromatic N) is 1. The summed E-state index contributed by atoms with van der Waals surface area (Å²) in [6.45, 7) is 9.92. The molecule has 0 aliphatic rings. The molecule has 5 aromatic carbocycles. The Morgan fingerprint density at radius 3 is 1.75 bits per heavy atom. The summed E-state index contributed by atoms with van der Waals surface area (Å²) >= 11 is 0. The molecule has 0 bridgehead atoms. The molecule has 6 rings (SSSR count). The highest BCUT2D eigenvalue weighted by Gasteiger charge is 2.19. The van der Waals surface area contributed by atoms with Crippen LogP contribution in [0.25, 0.3) is 27.5 Å². The first kappa shape index (κ1) is 28.3. The Labute approximate surface area is 236 Å². The maximum absolute atomic E-state index is 13.4. The van der Waals surface area contributed by atoms with E-state index in [9.17, 15) is 9.59 Å². The van der Waals surface area contributed by atoms with Crippen molar-refractivity contribution in [2.45, 2.75) is 34.6 Å². The lowest BCUT2D eigenvalue weighted by Crippen LogP contribution is -2.13. The third kappa shape index (κ3) is 5.79. The summed E-state index contributed by atoms with van der Waals surface area (Å²) in [6.07, 6.45) is 0. The number of carbonyl (C=O) groups is 1. The lowest BCUT2D eigenvalue weighted by Gasteiger charge is -2.17. The second-order valence-electron chi connectivity index (χ2n) is 9.50. The summed E-state index contributed by atoms with van der Waals surface area (Å²) in [4.78, 5) is 26.8. The van der Waals surface area contributed by atoms with Gasteiger partial charge in [0.2, 0.25) is 0 Å². The van der Waals surface area contributed by atoms with Crippen molar-refractivity contribution in [2.75, 3.05) is 0 Å². The second kappa shape index (κ2) is 12.9. The Morgan fingerprint density at radius 1 is 0.550 bits per heavy atom. The van der Waals surface area contributed by atoms with Crippen molar-refractivity contribution in [3.63, 3.8) is 0 Å². The van der Waals surface area contributed by atoms with Crippen LogP contribution in [0.15, 0.2) is 126 Å². The van der Waals surface area contributed by atoms with Crippen LogP contribution in [0.4, 0.5) is 0 Å². The largest absolute Gasteiger partial charge is 0.309 e. The molecule has 0 N–H and O–H groups in total. The van der Waals surface area contributed by atoms with Crippen molar-refractivity contribution in [3.8, 4) is 5.69 Å². The molecular weight excluding hydrogens is 490 g/mol. The number of benzene rings is 5. The molecule has 0 aliphatic heterocycles. The lowest BCUT2D eigenvalue weighted by atomic mass is 9.94. The van der Waals surface area contributed by atoms with E-state index in [1.165, 1.54) is 5.56 Å². The molecule has 0 spiro atoms. The molecule has 1 aromatic heterocycles. The van der Waals surface area contributed by atoms with Crippen LogP contribution >= 0.6 is 0 Å². The quantitative estimate of drug-likeness (QED) is 0.171. The van der Waals surface area contributed by atoms with Gasteiger partial charge in [-0.15, -0.1) is 0 Å². The molecule has 40 heavy (non-hydrogen) atoms. The maximum Gasteiger partial charge on any atom is 0.197 e. The summed E-state index contributed by atoms with van der Waals surface area (Å²) in [5, 5.41) is 1.28. The second-order valence-corrected chi connectivity index (χ2v) is 9.50. The highest BCUT2D eigenvalue weighted by molar-refractivity contribution is 6.12. The zero-order chi connectivity index (χ0) is 28.6.